The van der Waals surface area contributed by atoms with Crippen molar-refractivity contribution < 1.29 is 12.8 Å². The number of nitrogens with one attached hydrogen (secondary N) is 2. The third kappa shape index (κ3) is 3.95. The summed E-state index contributed by atoms with van der Waals surface area (Å²) >= 11 is 5.99. The van der Waals surface area contributed by atoms with E-state index in [9.17, 15) is 12.8 Å². The lowest BCUT2D eigenvalue weighted by Crippen LogP contribution is -2.28. The van der Waals surface area contributed by atoms with Crippen molar-refractivity contribution >= 4 is 33.5 Å². The average molecular weight is 422 g/mol. The van der Waals surface area contributed by atoms with Crippen LogP contribution in [0.1, 0.15) is 29.6 Å². The molecule has 0 aliphatic carbocycles. The monoisotopic (exact) mass is 421 g/mol. The van der Waals surface area contributed by atoms with Crippen LogP contribution in [0.5, 0.6) is 0 Å². The van der Waals surface area contributed by atoms with Crippen LogP contribution in [-0.4, -0.2) is 29.4 Å². The van der Waals surface area contributed by atoms with Gasteiger partial charge in [-0.2, -0.15) is 4.98 Å². The second-order valence-electron chi connectivity index (χ2n) is 6.63. The molecular formula is C18H17ClFN5O2S. The zero-order valence-corrected chi connectivity index (χ0v) is 16.4. The van der Waals surface area contributed by atoms with Crippen molar-refractivity contribution in [1.29, 1.82) is 0 Å². The molecule has 2 N–H and O–H groups in total. The van der Waals surface area contributed by atoms with Gasteiger partial charge >= 0.3 is 0 Å². The second-order valence-corrected chi connectivity index (χ2v) is 8.81. The Morgan fingerprint density at radius 2 is 1.79 bits per heavy atom. The Hall–Kier alpha value is -2.65. The van der Waals surface area contributed by atoms with Crippen LogP contribution >= 0.6 is 11.6 Å². The lowest BCUT2D eigenvalue weighted by molar-refractivity contribution is 0.431. The van der Waals surface area contributed by atoms with Crippen molar-refractivity contribution in [2.45, 2.75) is 18.5 Å². The number of aromatic nitrogens is 3. The fraction of sp³-hybridized carbons (Fsp3) is 0.222. The van der Waals surface area contributed by atoms with Gasteiger partial charge in [0.15, 0.2) is 0 Å². The van der Waals surface area contributed by atoms with Crippen molar-refractivity contribution in [2.75, 3.05) is 16.3 Å². The Kier molecular flexibility index (Phi) is 4.72. The molecule has 4 rings (SSSR count). The largest absolute Gasteiger partial charge is 0.347 e. The van der Waals surface area contributed by atoms with Gasteiger partial charge in [-0.15, -0.1) is 5.10 Å². The minimum absolute atomic E-state index is 0.0196. The molecule has 0 spiro atoms. The molecule has 0 fully saturated rings. The Morgan fingerprint density at radius 1 is 1.14 bits per heavy atom. The van der Waals surface area contributed by atoms with Crippen LogP contribution in [0, 0.1) is 5.82 Å². The molecular weight excluding hydrogens is 405 g/mol. The van der Waals surface area contributed by atoms with Crippen LogP contribution in [0.2, 0.25) is 5.02 Å². The molecule has 0 saturated heterocycles. The number of hydrogen-bond donors (Lipinski definition) is 2. The van der Waals surface area contributed by atoms with Gasteiger partial charge in [0, 0.05) is 5.02 Å². The number of hydrogen-bond acceptors (Lipinski definition) is 5. The molecule has 0 unspecified atom stereocenters. The van der Waals surface area contributed by atoms with E-state index < -0.39 is 10.0 Å². The highest BCUT2D eigenvalue weighted by atomic mass is 35.5. The van der Waals surface area contributed by atoms with Crippen LogP contribution in [0.4, 0.5) is 16.3 Å². The van der Waals surface area contributed by atoms with Gasteiger partial charge in [0.2, 0.25) is 16.0 Å². The first-order valence-electron chi connectivity index (χ1n) is 8.50. The van der Waals surface area contributed by atoms with Crippen molar-refractivity contribution in [3.63, 3.8) is 0 Å². The number of halogens is 2. The molecule has 2 atom stereocenters. The summed E-state index contributed by atoms with van der Waals surface area (Å²) in [6.45, 7) is 0. The van der Waals surface area contributed by atoms with E-state index >= 15 is 0 Å². The number of sulfonamides is 1. The van der Waals surface area contributed by atoms with E-state index in [0.29, 0.717) is 17.4 Å². The molecule has 1 aliphatic rings. The van der Waals surface area contributed by atoms with Gasteiger partial charge in [-0.1, -0.05) is 35.9 Å². The van der Waals surface area contributed by atoms with Crippen molar-refractivity contribution in [1.82, 2.24) is 14.8 Å². The Balaban J connectivity index is 1.75. The van der Waals surface area contributed by atoms with E-state index in [1.165, 1.54) is 12.1 Å². The van der Waals surface area contributed by atoms with Crippen LogP contribution < -0.4 is 10.0 Å². The van der Waals surface area contributed by atoms with Gasteiger partial charge in [0.25, 0.3) is 5.95 Å². The smallest absolute Gasteiger partial charge is 0.257 e. The van der Waals surface area contributed by atoms with E-state index in [0.717, 1.165) is 17.4 Å². The van der Waals surface area contributed by atoms with Crippen molar-refractivity contribution in [3.05, 3.63) is 70.5 Å². The molecule has 0 bridgehead atoms. The molecule has 7 nitrogen and oxygen atoms in total. The van der Waals surface area contributed by atoms with Crippen LogP contribution in [0.3, 0.4) is 0 Å². The Labute approximate surface area is 166 Å². The summed E-state index contributed by atoms with van der Waals surface area (Å²) in [5, 5.41) is 8.22. The first kappa shape index (κ1) is 18.7. The standard InChI is InChI=1S/C18H17ClFN5O2S/c1-28(26,27)24-17-22-18-21-15(11-2-6-13(19)7-3-11)10-16(25(18)23-17)12-4-8-14(20)9-5-12/h2-9,15-16H,10H2,1H3,(H2,21,22,23,24)/t15-,16-/m1/s1. The maximum Gasteiger partial charge on any atom is 0.257 e. The molecule has 146 valence electrons. The SMILES string of the molecule is CS(=O)(=O)Nc1nc2n(n1)[C@@H](c1ccc(F)cc1)C[C@H](c1ccc(Cl)cc1)N2. The lowest BCUT2D eigenvalue weighted by Gasteiger charge is -2.31. The number of benzene rings is 2. The molecule has 2 heterocycles. The summed E-state index contributed by atoms with van der Waals surface area (Å²) < 4.78 is 40.4. The number of rotatable bonds is 4. The van der Waals surface area contributed by atoms with Crippen LogP contribution in [0.25, 0.3) is 0 Å². The molecule has 2 aromatic carbocycles. The summed E-state index contributed by atoms with van der Waals surface area (Å²) in [7, 11) is -3.52. The molecule has 10 heteroatoms. The average Bonchev–Trinajstić information content (AvgIpc) is 3.02. The number of fused-ring (bicyclic) bond motifs is 1. The van der Waals surface area contributed by atoms with E-state index in [1.54, 1.807) is 28.9 Å². The topological polar surface area (TPSA) is 88.9 Å². The first-order valence-corrected chi connectivity index (χ1v) is 10.8. The van der Waals surface area contributed by atoms with Gasteiger partial charge in [-0.3, -0.25) is 4.72 Å². The van der Waals surface area contributed by atoms with E-state index in [4.69, 9.17) is 11.6 Å². The molecule has 0 amide bonds. The quantitative estimate of drug-likeness (QED) is 0.672. The van der Waals surface area contributed by atoms with Crippen molar-refractivity contribution in [3.8, 4) is 0 Å². The highest BCUT2D eigenvalue weighted by molar-refractivity contribution is 7.91. The van der Waals surface area contributed by atoms with E-state index in [2.05, 4.69) is 20.1 Å². The summed E-state index contributed by atoms with van der Waals surface area (Å²) in [5.74, 6) is 0.0747. The van der Waals surface area contributed by atoms with Crippen molar-refractivity contribution in [2.24, 2.45) is 0 Å². The maximum absolute atomic E-state index is 13.4. The highest BCUT2D eigenvalue weighted by Gasteiger charge is 2.31. The predicted octanol–water partition coefficient (Wildman–Crippen LogP) is 3.59. The summed E-state index contributed by atoms with van der Waals surface area (Å²) in [6, 6.07) is 13.3. The van der Waals surface area contributed by atoms with Gasteiger partial charge in [0.05, 0.1) is 18.3 Å². The Bertz CT molecular complexity index is 1100. The predicted molar refractivity (Wildman–Crippen MR) is 105 cm³/mol. The zero-order chi connectivity index (χ0) is 19.9. The molecule has 0 radical (unpaired) electrons. The fourth-order valence-corrected chi connectivity index (χ4v) is 3.81. The first-order chi connectivity index (χ1) is 13.3. The fourth-order valence-electron chi connectivity index (χ4n) is 3.26. The minimum Gasteiger partial charge on any atom is -0.347 e. The molecule has 3 aromatic rings. The maximum atomic E-state index is 13.4. The van der Waals surface area contributed by atoms with Gasteiger partial charge in [-0.05, 0) is 41.8 Å². The Morgan fingerprint density at radius 3 is 2.43 bits per heavy atom. The molecule has 28 heavy (non-hydrogen) atoms. The van der Waals surface area contributed by atoms with Gasteiger partial charge in [-0.25, -0.2) is 17.5 Å². The second kappa shape index (κ2) is 7.06. The third-order valence-electron chi connectivity index (χ3n) is 4.49. The van der Waals surface area contributed by atoms with Crippen LogP contribution in [-0.2, 0) is 10.0 Å². The van der Waals surface area contributed by atoms with Crippen LogP contribution in [0.15, 0.2) is 48.5 Å². The third-order valence-corrected chi connectivity index (χ3v) is 5.30. The molecule has 1 aliphatic heterocycles. The van der Waals surface area contributed by atoms with E-state index in [1.807, 2.05) is 12.1 Å². The number of anilines is 2. The molecule has 1 aromatic heterocycles. The summed E-state index contributed by atoms with van der Waals surface area (Å²) in [4.78, 5) is 4.27. The normalized spacial score (nSPS) is 19.0. The summed E-state index contributed by atoms with van der Waals surface area (Å²) in [5.41, 5.74) is 1.85. The van der Waals surface area contributed by atoms with E-state index in [-0.39, 0.29) is 23.8 Å². The summed E-state index contributed by atoms with van der Waals surface area (Å²) in [6.07, 6.45) is 1.65. The molecule has 0 saturated carbocycles. The number of nitrogens with zero attached hydrogens (tertiary/aromatic N) is 3. The van der Waals surface area contributed by atoms with Gasteiger partial charge in [0.1, 0.15) is 5.82 Å². The van der Waals surface area contributed by atoms with Gasteiger partial charge < -0.3 is 5.32 Å². The minimum atomic E-state index is -3.52. The zero-order valence-electron chi connectivity index (χ0n) is 14.8. The lowest BCUT2D eigenvalue weighted by atomic mass is 9.93. The highest BCUT2D eigenvalue weighted by Crippen LogP contribution is 2.38.